The fourth-order valence-corrected chi connectivity index (χ4v) is 11.8. The summed E-state index contributed by atoms with van der Waals surface area (Å²) in [5.74, 6) is 2.39. The smallest absolute Gasteiger partial charge is 0.410 e. The van der Waals surface area contributed by atoms with Crippen molar-refractivity contribution in [1.82, 2.24) is 58.8 Å². The molecule has 25 heteroatoms. The van der Waals surface area contributed by atoms with Gasteiger partial charge in [-0.25, -0.2) is 49.5 Å². The van der Waals surface area contributed by atoms with Gasteiger partial charge in [-0.05, 0) is 149 Å². The van der Waals surface area contributed by atoms with Gasteiger partial charge in [0.1, 0.15) is 52.5 Å². The molecule has 486 valence electrons. The van der Waals surface area contributed by atoms with Crippen molar-refractivity contribution in [2.24, 2.45) is 0 Å². The highest BCUT2D eigenvalue weighted by Crippen LogP contribution is 2.34. The van der Waals surface area contributed by atoms with E-state index >= 15 is 0 Å². The predicted octanol–water partition coefficient (Wildman–Crippen LogP) is 14.8. The van der Waals surface area contributed by atoms with Crippen LogP contribution in [0.15, 0.2) is 70.7 Å². The van der Waals surface area contributed by atoms with Crippen LogP contribution in [-0.4, -0.2) is 150 Å². The van der Waals surface area contributed by atoms with Crippen LogP contribution >= 0.6 is 11.6 Å². The van der Waals surface area contributed by atoms with Crippen LogP contribution in [0.4, 0.5) is 21.5 Å². The van der Waals surface area contributed by atoms with Crippen LogP contribution in [0.1, 0.15) is 95.3 Å². The third-order valence-corrected chi connectivity index (χ3v) is 18.8. The summed E-state index contributed by atoms with van der Waals surface area (Å²) in [6, 6.07) is 10.5. The highest BCUT2D eigenvalue weighted by atomic mass is 35.5. The van der Waals surface area contributed by atoms with Gasteiger partial charge < -0.3 is 57.3 Å². The normalized spacial score (nSPS) is 15.7. The van der Waals surface area contributed by atoms with Crippen LogP contribution in [0.25, 0.3) is 56.2 Å². The summed E-state index contributed by atoms with van der Waals surface area (Å²) in [5, 5.41) is 9.26. The van der Waals surface area contributed by atoms with Crippen molar-refractivity contribution in [3.63, 3.8) is 0 Å². The van der Waals surface area contributed by atoms with E-state index in [1.807, 2.05) is 92.1 Å². The van der Waals surface area contributed by atoms with Gasteiger partial charge in [-0.3, -0.25) is 0 Å². The summed E-state index contributed by atoms with van der Waals surface area (Å²) >= 11 is 6.01. The Kier molecular flexibility index (Phi) is 22.4. The second-order valence-electron chi connectivity index (χ2n) is 27.9. The maximum absolute atomic E-state index is 12.7. The molecule has 2 N–H and O–H groups in total. The van der Waals surface area contributed by atoms with E-state index in [2.05, 4.69) is 111 Å². The Balaban J connectivity index is 0.000000191. The van der Waals surface area contributed by atoms with E-state index in [0.29, 0.717) is 74.8 Å². The average molecular weight is 1290 g/mol. The predicted molar refractivity (Wildman–Crippen MR) is 359 cm³/mol. The molecule has 90 heavy (non-hydrogen) atoms. The molecule has 22 nitrogen and oxygen atoms in total. The number of aryl methyl sites for hydroxylation is 5. The van der Waals surface area contributed by atoms with E-state index in [1.165, 1.54) is 24.4 Å². The second kappa shape index (κ2) is 29.4. The third-order valence-electron chi connectivity index (χ3n) is 15.0. The summed E-state index contributed by atoms with van der Waals surface area (Å²) in [5.41, 5.74) is 8.61. The van der Waals surface area contributed by atoms with Crippen LogP contribution in [0.2, 0.25) is 56.5 Å². The Bertz CT molecular complexity index is 3730. The Hall–Kier alpha value is -7.26. The minimum Gasteiger partial charge on any atom is -0.444 e. The number of nitrogens with zero attached hydrogens (tertiary/aromatic N) is 12. The summed E-state index contributed by atoms with van der Waals surface area (Å²) in [7, 11) is -2.29. The zero-order valence-electron chi connectivity index (χ0n) is 55.8. The number of hydrogen-bond donors (Lipinski definition) is 2. The van der Waals surface area contributed by atoms with Crippen LogP contribution < -0.4 is 10.6 Å². The number of ether oxygens (including phenoxy) is 4. The molecule has 2 amide bonds. The Labute approximate surface area is 536 Å². The number of pyridine rings is 2. The molecule has 2 aliphatic rings. The summed E-state index contributed by atoms with van der Waals surface area (Å²) < 4.78 is 38.3. The third kappa shape index (κ3) is 19.4. The fraction of sp³-hybridized carbons (Fsp3) is 0.538. The molecular weight excluding hydrogens is 1200 g/mol. The summed E-state index contributed by atoms with van der Waals surface area (Å²) in [6.07, 6.45) is 13.7. The van der Waals surface area contributed by atoms with Gasteiger partial charge in [0, 0.05) is 114 Å². The lowest BCUT2D eigenvalue weighted by Crippen LogP contribution is -2.47. The first-order valence-electron chi connectivity index (χ1n) is 31.1. The van der Waals surface area contributed by atoms with Gasteiger partial charge in [0.05, 0.1) is 17.1 Å². The lowest BCUT2D eigenvalue weighted by Gasteiger charge is -2.34. The summed E-state index contributed by atoms with van der Waals surface area (Å²) in [4.78, 5) is 64.5. The van der Waals surface area contributed by atoms with Gasteiger partial charge in [-0.1, -0.05) is 50.9 Å². The quantitative estimate of drug-likeness (QED) is 0.0489. The number of oxazole rings is 2. The monoisotopic (exact) mass is 1290 g/mol. The zero-order valence-corrected chi connectivity index (χ0v) is 58.6. The van der Waals surface area contributed by atoms with Gasteiger partial charge in [0.25, 0.3) is 0 Å². The number of halogens is 1. The SMILES string of the molecule is Cc1cnc(N[C@H]2CCCN(C(=O)OC(C)(C)C)C2)nc1-c1cn(COCC[Si](C)(C)C)c2nc(-c3ocnc3C)ccc12.Cc1cnc(N[C@H]2CCCN(C(=O)OC(C)(C)C)C2)nc1Cl.Cc1ncoc1-c1ccc2c(C)cn(COCC[Si](C)(C)C)c2n1. The molecule has 0 bridgehead atoms. The number of likely N-dealkylation sites (tertiary alicyclic amines) is 2. The minimum atomic E-state index is -1.22. The molecule has 0 radical (unpaired) electrons. The topological polar surface area (TPSA) is 241 Å². The molecule has 10 rings (SSSR count). The number of amides is 2. The molecule has 2 atom stereocenters. The molecule has 0 aliphatic carbocycles. The molecule has 0 aromatic carbocycles. The van der Waals surface area contributed by atoms with Crippen molar-refractivity contribution in [3.05, 3.63) is 95.1 Å². The van der Waals surface area contributed by atoms with Crippen LogP contribution in [0.3, 0.4) is 0 Å². The van der Waals surface area contributed by atoms with Gasteiger partial charge in [0.15, 0.2) is 24.3 Å². The minimum absolute atomic E-state index is 0.0160. The number of rotatable bonds is 17. The van der Waals surface area contributed by atoms with Crippen molar-refractivity contribution < 1.29 is 37.4 Å². The molecule has 8 aromatic heterocycles. The van der Waals surface area contributed by atoms with Crippen LogP contribution in [-0.2, 0) is 32.4 Å². The molecule has 8 aromatic rings. The lowest BCUT2D eigenvalue weighted by molar-refractivity contribution is 0.0196. The Morgan fingerprint density at radius 1 is 0.600 bits per heavy atom. The molecule has 10 heterocycles. The Morgan fingerprint density at radius 2 is 1.06 bits per heavy atom. The number of hydrogen-bond acceptors (Lipinski definition) is 18. The van der Waals surface area contributed by atoms with Crippen molar-refractivity contribution in [1.29, 1.82) is 0 Å². The first kappa shape index (κ1) is 68.6. The number of anilines is 2. The second-order valence-corrected chi connectivity index (χ2v) is 39.5. The van der Waals surface area contributed by atoms with Crippen molar-refractivity contribution >= 4 is 73.9 Å². The zero-order chi connectivity index (χ0) is 65.3. The number of nitrogens with one attached hydrogen (secondary N) is 2. The molecule has 2 saturated heterocycles. The average Bonchev–Trinajstić information content (AvgIpc) is 1.68. The van der Waals surface area contributed by atoms with E-state index in [1.54, 1.807) is 16.0 Å². The van der Waals surface area contributed by atoms with Gasteiger partial charge in [-0.2, -0.15) is 0 Å². The maximum atomic E-state index is 12.7. The highest BCUT2D eigenvalue weighted by Gasteiger charge is 2.30. The van der Waals surface area contributed by atoms with Crippen molar-refractivity contribution in [2.45, 2.75) is 190 Å². The largest absolute Gasteiger partial charge is 0.444 e. The summed E-state index contributed by atoms with van der Waals surface area (Å²) in [6.45, 7) is 40.1. The number of carbonyl (C=O) groups is 2. The van der Waals surface area contributed by atoms with Crippen LogP contribution in [0.5, 0.6) is 0 Å². The molecular formula is C65H93ClN14O8Si2. The van der Waals surface area contributed by atoms with E-state index < -0.39 is 27.3 Å². The molecule has 2 fully saturated rings. The molecule has 0 saturated carbocycles. The Morgan fingerprint density at radius 3 is 1.51 bits per heavy atom. The van der Waals surface area contributed by atoms with E-state index in [0.717, 1.165) is 106 Å². The highest BCUT2D eigenvalue weighted by molar-refractivity contribution is 6.76. The standard InChI is InChI=1S/C32H45N7O4Si.C18H25N3O2Si.C15H23ClN4O2/c1-21-16-33-30(35-23-10-9-13-38(17-23)31(40)43-32(3,4)5)37-27(21)25-18-39(20-41-14-15-44(6,7)8)29-24(25)11-12-26(36-29)28-22(2)34-19-42-28;1-13-10-21(12-22-8-9-24(3,4)5)18-15(13)6-7-16(20-18)17-14(2)19-11-23-17;1-10-8-17-13(19-12(10)16)18-11-6-5-7-20(9-11)14(21)22-15(2,3)4/h11-12,16,18-19,23H,9-10,13-15,17,20H2,1-8H3,(H,33,35,37);6-7,10-11H,8-9,12H2,1-5H3;8,11H,5-7,9H2,1-4H3,(H,17,18,19)/t23-;;11-/m0.0/s1. The first-order chi connectivity index (χ1) is 42.4. The van der Waals surface area contributed by atoms with E-state index in [4.69, 9.17) is 54.3 Å². The van der Waals surface area contributed by atoms with Gasteiger partial charge in [0.2, 0.25) is 11.9 Å². The fourth-order valence-electron chi connectivity index (χ4n) is 10.1. The molecule has 2 aliphatic heterocycles. The van der Waals surface area contributed by atoms with Crippen molar-refractivity contribution in [2.75, 3.05) is 50.0 Å². The molecule has 0 unspecified atom stereocenters. The number of aromatic nitrogens is 10. The lowest BCUT2D eigenvalue weighted by atomic mass is 10.1. The maximum Gasteiger partial charge on any atom is 0.410 e. The first-order valence-corrected chi connectivity index (χ1v) is 38.9. The number of fused-ring (bicyclic) bond motifs is 2. The van der Waals surface area contributed by atoms with E-state index in [-0.39, 0.29) is 24.3 Å². The van der Waals surface area contributed by atoms with Crippen molar-refractivity contribution in [3.8, 4) is 34.2 Å². The van der Waals surface area contributed by atoms with Crippen LogP contribution in [0, 0.1) is 34.6 Å². The molecule has 0 spiro atoms. The van der Waals surface area contributed by atoms with Gasteiger partial charge in [-0.15, -0.1) is 0 Å². The number of piperidine rings is 2. The van der Waals surface area contributed by atoms with Gasteiger partial charge >= 0.3 is 12.2 Å². The number of carbonyl (C=O) groups excluding carboxylic acids is 2. The van der Waals surface area contributed by atoms with E-state index in [9.17, 15) is 9.59 Å².